The van der Waals surface area contributed by atoms with Crippen LogP contribution in [0.3, 0.4) is 0 Å². The smallest absolute Gasteiger partial charge is 0.0153 e. The van der Waals surface area contributed by atoms with E-state index in [0.717, 1.165) is 65.1 Å². The van der Waals surface area contributed by atoms with E-state index in [1.165, 1.54) is 12.8 Å². The molecular formula is C26H48. The molecule has 3 aliphatic carbocycles. The first-order valence-corrected chi connectivity index (χ1v) is 12.0. The minimum atomic E-state index is 0.550. The Balaban J connectivity index is 1.95. The molecule has 0 heterocycles. The van der Waals surface area contributed by atoms with E-state index < -0.39 is 0 Å². The van der Waals surface area contributed by atoms with Gasteiger partial charge in [-0.3, -0.25) is 0 Å². The SMILES string of the molecule is CCCC(C)C(C)C1C(C)C(C)C1C1(C)C(C)C2C(C)C(C)C21C(C)C. The molecule has 0 aromatic rings. The number of hydrogen-bond donors (Lipinski definition) is 0. The monoisotopic (exact) mass is 360 g/mol. The van der Waals surface area contributed by atoms with Crippen LogP contribution in [0.25, 0.3) is 0 Å². The molecule has 0 spiro atoms. The Kier molecular flexibility index (Phi) is 5.20. The lowest BCUT2D eigenvalue weighted by molar-refractivity contribution is -0.392. The van der Waals surface area contributed by atoms with Crippen molar-refractivity contribution < 1.29 is 0 Å². The van der Waals surface area contributed by atoms with Gasteiger partial charge >= 0.3 is 0 Å². The van der Waals surface area contributed by atoms with Crippen LogP contribution >= 0.6 is 0 Å². The van der Waals surface area contributed by atoms with E-state index in [2.05, 4.69) is 76.2 Å². The Labute approximate surface area is 165 Å². The highest BCUT2D eigenvalue weighted by Gasteiger charge is 2.81. The summed E-state index contributed by atoms with van der Waals surface area (Å²) in [6.45, 7) is 28.2. The van der Waals surface area contributed by atoms with Gasteiger partial charge in [0.1, 0.15) is 0 Å². The van der Waals surface area contributed by atoms with Gasteiger partial charge in [-0.05, 0) is 75.9 Å². The van der Waals surface area contributed by atoms with Gasteiger partial charge in [-0.25, -0.2) is 0 Å². The maximum Gasteiger partial charge on any atom is -0.0153 e. The lowest BCUT2D eigenvalue weighted by atomic mass is 9.18. The third-order valence-electron chi connectivity index (χ3n) is 11.4. The summed E-state index contributed by atoms with van der Waals surface area (Å²) in [4.78, 5) is 0. The van der Waals surface area contributed by atoms with Gasteiger partial charge in [0.2, 0.25) is 0 Å². The molecule has 0 heteroatoms. The van der Waals surface area contributed by atoms with Crippen molar-refractivity contribution in [3.8, 4) is 0 Å². The standard InChI is InChI=1S/C26H48/c1-12-13-15(4)16(5)22-17(6)18(7)24(22)25(11)21(10)23-19(8)20(9)26(23,25)14(2)3/h14-24H,12-13H2,1-11H3. The third-order valence-corrected chi connectivity index (χ3v) is 11.4. The van der Waals surface area contributed by atoms with Gasteiger partial charge in [0.05, 0.1) is 0 Å². The van der Waals surface area contributed by atoms with Crippen molar-refractivity contribution in [3.63, 3.8) is 0 Å². The Morgan fingerprint density at radius 3 is 1.85 bits per heavy atom. The van der Waals surface area contributed by atoms with Crippen molar-refractivity contribution in [2.75, 3.05) is 0 Å². The van der Waals surface area contributed by atoms with Gasteiger partial charge in [-0.15, -0.1) is 0 Å². The Hall–Kier alpha value is 0. The first kappa shape index (κ1) is 20.7. The Morgan fingerprint density at radius 1 is 0.769 bits per heavy atom. The average molecular weight is 361 g/mol. The fourth-order valence-corrected chi connectivity index (χ4v) is 9.94. The van der Waals surface area contributed by atoms with Crippen molar-refractivity contribution >= 4 is 0 Å². The van der Waals surface area contributed by atoms with Gasteiger partial charge in [0, 0.05) is 0 Å². The molecule has 0 radical (unpaired) electrons. The van der Waals surface area contributed by atoms with Crippen LogP contribution in [0.15, 0.2) is 0 Å². The summed E-state index contributed by atoms with van der Waals surface area (Å²) in [6.07, 6.45) is 2.75. The topological polar surface area (TPSA) is 0 Å². The molecular weight excluding hydrogens is 312 g/mol. The summed E-state index contributed by atoms with van der Waals surface area (Å²) < 4.78 is 0. The average Bonchev–Trinajstić information content (AvgIpc) is 2.59. The number of rotatable bonds is 6. The zero-order valence-corrected chi connectivity index (χ0v) is 19.8. The predicted molar refractivity (Wildman–Crippen MR) is 115 cm³/mol. The van der Waals surface area contributed by atoms with Crippen LogP contribution < -0.4 is 0 Å². The zero-order chi connectivity index (χ0) is 19.8. The largest absolute Gasteiger partial charge is 0.0654 e. The van der Waals surface area contributed by atoms with E-state index in [-0.39, 0.29) is 0 Å². The highest BCUT2D eigenvalue weighted by Crippen LogP contribution is 2.85. The maximum atomic E-state index is 2.74. The summed E-state index contributed by atoms with van der Waals surface area (Å²) in [6, 6.07) is 0. The van der Waals surface area contributed by atoms with Crippen LogP contribution in [0.2, 0.25) is 0 Å². The van der Waals surface area contributed by atoms with Crippen LogP contribution in [0.1, 0.15) is 89.0 Å². The lowest BCUT2D eigenvalue weighted by Crippen LogP contribution is -2.82. The molecule has 0 saturated heterocycles. The Morgan fingerprint density at radius 2 is 1.35 bits per heavy atom. The van der Waals surface area contributed by atoms with Gasteiger partial charge in [0.25, 0.3) is 0 Å². The van der Waals surface area contributed by atoms with Crippen molar-refractivity contribution in [1.29, 1.82) is 0 Å². The van der Waals surface area contributed by atoms with Crippen LogP contribution in [-0.2, 0) is 0 Å². The van der Waals surface area contributed by atoms with Crippen molar-refractivity contribution in [2.24, 2.45) is 75.9 Å². The second-order valence-corrected chi connectivity index (χ2v) is 11.8. The zero-order valence-electron chi connectivity index (χ0n) is 19.8. The molecule has 0 bridgehead atoms. The molecule has 3 rings (SSSR count). The van der Waals surface area contributed by atoms with Crippen LogP contribution in [-0.4, -0.2) is 0 Å². The minimum absolute atomic E-state index is 0.550. The van der Waals surface area contributed by atoms with Gasteiger partial charge in [-0.1, -0.05) is 89.0 Å². The fourth-order valence-electron chi connectivity index (χ4n) is 9.94. The molecule has 3 saturated carbocycles. The second kappa shape index (κ2) is 6.52. The van der Waals surface area contributed by atoms with E-state index in [9.17, 15) is 0 Å². The maximum absolute atomic E-state index is 2.74. The van der Waals surface area contributed by atoms with Crippen LogP contribution in [0.4, 0.5) is 0 Å². The molecule has 3 fully saturated rings. The second-order valence-electron chi connectivity index (χ2n) is 11.8. The molecule has 26 heavy (non-hydrogen) atoms. The van der Waals surface area contributed by atoms with E-state index in [4.69, 9.17) is 0 Å². The summed E-state index contributed by atoms with van der Waals surface area (Å²) >= 11 is 0. The van der Waals surface area contributed by atoms with E-state index in [1.807, 2.05) is 0 Å². The Bertz CT molecular complexity index is 520. The molecule has 0 amide bonds. The van der Waals surface area contributed by atoms with Gasteiger partial charge in [-0.2, -0.15) is 0 Å². The molecule has 0 aromatic heterocycles. The van der Waals surface area contributed by atoms with E-state index in [1.54, 1.807) is 0 Å². The first-order valence-electron chi connectivity index (χ1n) is 12.0. The van der Waals surface area contributed by atoms with Crippen molar-refractivity contribution in [3.05, 3.63) is 0 Å². The molecule has 12 atom stereocenters. The van der Waals surface area contributed by atoms with Crippen molar-refractivity contribution in [1.82, 2.24) is 0 Å². The summed E-state index contributed by atoms with van der Waals surface area (Å²) in [5.41, 5.74) is 1.16. The summed E-state index contributed by atoms with van der Waals surface area (Å²) in [5.74, 6) is 10.0. The van der Waals surface area contributed by atoms with E-state index >= 15 is 0 Å². The number of fused-ring (bicyclic) bond motifs is 1. The highest BCUT2D eigenvalue weighted by molar-refractivity contribution is 5.28. The molecule has 0 aromatic carbocycles. The summed E-state index contributed by atoms with van der Waals surface area (Å²) in [5, 5.41) is 0. The fraction of sp³-hybridized carbons (Fsp3) is 1.00. The predicted octanol–water partition coefficient (Wildman–Crippen LogP) is 7.78. The molecule has 0 nitrogen and oxygen atoms in total. The molecule has 12 unspecified atom stereocenters. The minimum Gasteiger partial charge on any atom is -0.0654 e. The van der Waals surface area contributed by atoms with Crippen molar-refractivity contribution in [2.45, 2.75) is 89.0 Å². The normalized spacial score (nSPS) is 55.4. The van der Waals surface area contributed by atoms with Crippen LogP contribution in [0, 0.1) is 75.9 Å². The molecule has 152 valence electrons. The first-order chi connectivity index (χ1) is 12.0. The molecule has 0 N–H and O–H groups in total. The number of hydrogen-bond acceptors (Lipinski definition) is 0. The van der Waals surface area contributed by atoms with Crippen LogP contribution in [0.5, 0.6) is 0 Å². The molecule has 0 aliphatic heterocycles. The summed E-state index contributed by atoms with van der Waals surface area (Å²) in [7, 11) is 0. The molecule has 3 aliphatic rings. The highest BCUT2D eigenvalue weighted by atomic mass is 14.9. The van der Waals surface area contributed by atoms with E-state index in [0.29, 0.717) is 10.8 Å². The van der Waals surface area contributed by atoms with Gasteiger partial charge < -0.3 is 0 Å². The quantitative estimate of drug-likeness (QED) is 0.453. The third kappa shape index (κ3) is 2.09. The lowest BCUT2D eigenvalue weighted by Gasteiger charge is -2.86. The van der Waals surface area contributed by atoms with Gasteiger partial charge in [0.15, 0.2) is 0 Å².